The molecule has 1 aliphatic carbocycles. The zero-order valence-electron chi connectivity index (χ0n) is 22.1. The minimum atomic E-state index is -0.646. The predicted molar refractivity (Wildman–Crippen MR) is 151 cm³/mol. The summed E-state index contributed by atoms with van der Waals surface area (Å²) in [6.45, 7) is 4.38. The number of amidine groups is 1. The molecule has 4 aromatic heterocycles. The first kappa shape index (κ1) is 25.1. The molecule has 4 aromatic rings. The molecule has 13 heteroatoms. The van der Waals surface area contributed by atoms with Gasteiger partial charge in [0, 0.05) is 31.0 Å². The molecule has 1 N–H and O–H groups in total. The maximum absolute atomic E-state index is 11.8. The van der Waals surface area contributed by atoms with Gasteiger partial charge in [0.25, 0.3) is 0 Å². The van der Waals surface area contributed by atoms with Crippen LogP contribution in [-0.4, -0.2) is 54.8 Å². The molecule has 7 rings (SSSR count). The summed E-state index contributed by atoms with van der Waals surface area (Å²) in [7, 11) is 0. The van der Waals surface area contributed by atoms with Crippen LogP contribution in [0.15, 0.2) is 49.1 Å². The lowest BCUT2D eigenvalue weighted by molar-refractivity contribution is 0.267. The van der Waals surface area contributed by atoms with Crippen LogP contribution in [-0.2, 0) is 6.54 Å². The van der Waals surface area contributed by atoms with Gasteiger partial charge in [0.05, 0.1) is 27.8 Å². The van der Waals surface area contributed by atoms with Crippen LogP contribution in [0.2, 0.25) is 5.02 Å². The van der Waals surface area contributed by atoms with E-state index < -0.39 is 5.76 Å². The van der Waals surface area contributed by atoms with Gasteiger partial charge in [0.2, 0.25) is 11.8 Å². The third-order valence-electron chi connectivity index (χ3n) is 8.22. The molecule has 0 amide bonds. The topological polar surface area (TPSA) is 143 Å². The first-order valence-electron chi connectivity index (χ1n) is 13.8. The second kappa shape index (κ2) is 10.2. The SMILES string of the molecule is CC1CCC(Cn2c(N3CCCC3C3=NCN=N3)nc3cc(-c4noc(=O)[nH]4)nc(-c4cncc(Cl)c4)c32)CC1. The number of hydrogen-bond acceptors (Lipinski definition) is 10. The van der Waals surface area contributed by atoms with Crippen LogP contribution in [0.3, 0.4) is 0 Å². The van der Waals surface area contributed by atoms with Crippen LogP contribution < -0.4 is 10.7 Å². The van der Waals surface area contributed by atoms with Gasteiger partial charge in [-0.2, -0.15) is 5.11 Å². The van der Waals surface area contributed by atoms with Crippen LogP contribution in [0.4, 0.5) is 5.95 Å². The summed E-state index contributed by atoms with van der Waals surface area (Å²) in [5.41, 5.74) is 3.50. The van der Waals surface area contributed by atoms with E-state index in [1.807, 2.05) is 12.1 Å². The number of pyridine rings is 2. The maximum atomic E-state index is 11.8. The number of H-pyrrole nitrogens is 1. The van der Waals surface area contributed by atoms with Crippen LogP contribution >= 0.6 is 11.6 Å². The van der Waals surface area contributed by atoms with Gasteiger partial charge in [-0.1, -0.05) is 36.5 Å². The van der Waals surface area contributed by atoms with E-state index in [4.69, 9.17) is 26.1 Å². The highest BCUT2D eigenvalue weighted by Gasteiger charge is 2.35. The van der Waals surface area contributed by atoms with Crippen molar-refractivity contribution < 1.29 is 4.52 Å². The summed E-state index contributed by atoms with van der Waals surface area (Å²) in [5, 5.41) is 12.8. The van der Waals surface area contributed by atoms with E-state index in [1.165, 1.54) is 25.7 Å². The Morgan fingerprint density at radius 1 is 1.12 bits per heavy atom. The van der Waals surface area contributed by atoms with Crippen LogP contribution in [0, 0.1) is 11.8 Å². The number of aliphatic imine (C=N–C) groups is 1. The van der Waals surface area contributed by atoms with Gasteiger partial charge in [0.1, 0.15) is 5.69 Å². The van der Waals surface area contributed by atoms with E-state index in [0.29, 0.717) is 29.0 Å². The Bertz CT molecular complexity index is 1680. The van der Waals surface area contributed by atoms with Crippen molar-refractivity contribution in [2.24, 2.45) is 27.1 Å². The monoisotopic (exact) mass is 560 g/mol. The molecule has 0 bridgehead atoms. The zero-order valence-corrected chi connectivity index (χ0v) is 22.9. The zero-order chi connectivity index (χ0) is 27.2. The number of aromatic amines is 1. The fourth-order valence-electron chi connectivity index (χ4n) is 6.20. The number of fused-ring (bicyclic) bond motifs is 1. The molecule has 3 aliphatic rings. The largest absolute Gasteiger partial charge is 0.439 e. The molecule has 0 spiro atoms. The molecule has 12 nitrogen and oxygen atoms in total. The number of nitrogens with zero attached hydrogens (tertiary/aromatic N) is 9. The van der Waals surface area contributed by atoms with Crippen molar-refractivity contribution in [3.63, 3.8) is 0 Å². The average molecular weight is 561 g/mol. The number of hydrogen-bond donors (Lipinski definition) is 1. The molecule has 206 valence electrons. The standard InChI is InChI=1S/C27H29ClN10O2/c1-15-4-6-16(7-5-15)13-38-23-19(33-26(38)37-8-2-3-21(37)25-30-14-31-35-25)10-20(24-34-27(39)40-36-24)32-22(23)17-9-18(28)12-29-11-17/h9-12,15-16,21H,2-8,13-14H2,1H3,(H,34,36,39). The van der Waals surface area contributed by atoms with Gasteiger partial charge in [-0.05, 0) is 49.7 Å². The molecule has 40 heavy (non-hydrogen) atoms. The van der Waals surface area contributed by atoms with Crippen molar-refractivity contribution in [3.8, 4) is 22.8 Å². The minimum Gasteiger partial charge on any atom is -0.332 e. The van der Waals surface area contributed by atoms with Gasteiger partial charge >= 0.3 is 5.76 Å². The van der Waals surface area contributed by atoms with Gasteiger partial charge in [-0.25, -0.2) is 19.8 Å². The lowest BCUT2D eigenvalue weighted by Gasteiger charge is -2.30. The second-order valence-electron chi connectivity index (χ2n) is 11.0. The van der Waals surface area contributed by atoms with Crippen molar-refractivity contribution in [3.05, 3.63) is 40.1 Å². The first-order chi connectivity index (χ1) is 19.5. The maximum Gasteiger partial charge on any atom is 0.439 e. The summed E-state index contributed by atoms with van der Waals surface area (Å²) in [6, 6.07) is 3.71. The molecular weight excluding hydrogens is 532 g/mol. The summed E-state index contributed by atoms with van der Waals surface area (Å²) < 4.78 is 7.10. The predicted octanol–water partition coefficient (Wildman–Crippen LogP) is 5.11. The van der Waals surface area contributed by atoms with Crippen LogP contribution in [0.1, 0.15) is 45.4 Å². The van der Waals surface area contributed by atoms with Crippen molar-refractivity contribution in [1.29, 1.82) is 0 Å². The van der Waals surface area contributed by atoms with Crippen molar-refractivity contribution in [1.82, 2.24) is 29.7 Å². The Morgan fingerprint density at radius 3 is 2.75 bits per heavy atom. The molecule has 1 saturated carbocycles. The quantitative estimate of drug-likeness (QED) is 0.345. The number of halogens is 1. The number of imidazole rings is 1. The van der Waals surface area contributed by atoms with E-state index in [2.05, 4.69) is 46.7 Å². The van der Waals surface area contributed by atoms with E-state index in [0.717, 1.165) is 60.2 Å². The lowest BCUT2D eigenvalue weighted by atomic mass is 9.83. The number of azo groups is 1. The van der Waals surface area contributed by atoms with Crippen molar-refractivity contribution >= 4 is 34.4 Å². The van der Waals surface area contributed by atoms with Gasteiger partial charge in [-0.3, -0.25) is 14.5 Å². The third kappa shape index (κ3) is 4.59. The summed E-state index contributed by atoms with van der Waals surface area (Å²) in [4.78, 5) is 35.8. The molecule has 0 aromatic carbocycles. The molecule has 2 aliphatic heterocycles. The highest BCUT2D eigenvalue weighted by atomic mass is 35.5. The van der Waals surface area contributed by atoms with Gasteiger partial charge < -0.3 is 9.47 Å². The highest BCUT2D eigenvalue weighted by molar-refractivity contribution is 6.30. The number of anilines is 1. The lowest BCUT2D eigenvalue weighted by Crippen LogP contribution is -2.37. The van der Waals surface area contributed by atoms with E-state index in [9.17, 15) is 4.79 Å². The summed E-state index contributed by atoms with van der Waals surface area (Å²) in [5.74, 6) is 2.50. The smallest absolute Gasteiger partial charge is 0.332 e. The molecule has 1 unspecified atom stereocenters. The minimum absolute atomic E-state index is 0.0174. The Morgan fingerprint density at radius 2 is 2.00 bits per heavy atom. The Hall–Kier alpha value is -3.93. The third-order valence-corrected chi connectivity index (χ3v) is 8.43. The summed E-state index contributed by atoms with van der Waals surface area (Å²) >= 11 is 6.39. The van der Waals surface area contributed by atoms with E-state index >= 15 is 0 Å². The number of nitrogens with one attached hydrogen (secondary N) is 1. The number of aromatic nitrogens is 6. The first-order valence-corrected chi connectivity index (χ1v) is 14.2. The average Bonchev–Trinajstić information content (AvgIpc) is 3.76. The molecule has 6 heterocycles. The highest BCUT2D eigenvalue weighted by Crippen LogP contribution is 2.38. The molecule has 0 radical (unpaired) electrons. The van der Waals surface area contributed by atoms with E-state index in [-0.39, 0.29) is 11.9 Å². The summed E-state index contributed by atoms with van der Waals surface area (Å²) in [6.07, 6.45) is 10.1. The van der Waals surface area contributed by atoms with Gasteiger partial charge in [-0.15, -0.1) is 5.11 Å². The molecule has 2 fully saturated rings. The Kier molecular flexibility index (Phi) is 6.41. The Labute approximate surface area is 234 Å². The second-order valence-corrected chi connectivity index (χ2v) is 11.4. The number of rotatable bonds is 6. The van der Waals surface area contributed by atoms with Crippen molar-refractivity contribution in [2.45, 2.75) is 58.0 Å². The van der Waals surface area contributed by atoms with Crippen molar-refractivity contribution in [2.75, 3.05) is 18.1 Å². The normalized spacial score (nSPS) is 22.9. The Balaban J connectivity index is 1.44. The molecule has 1 atom stereocenters. The van der Waals surface area contributed by atoms with Gasteiger partial charge in [0.15, 0.2) is 12.5 Å². The fourth-order valence-corrected chi connectivity index (χ4v) is 6.37. The fraction of sp³-hybridized carbons (Fsp3) is 0.481. The van der Waals surface area contributed by atoms with E-state index in [1.54, 1.807) is 12.4 Å². The van der Waals surface area contributed by atoms with Crippen LogP contribution in [0.5, 0.6) is 0 Å². The van der Waals surface area contributed by atoms with Crippen LogP contribution in [0.25, 0.3) is 33.8 Å². The molecular formula is C27H29ClN10O2. The molecule has 1 saturated heterocycles.